The van der Waals surface area contributed by atoms with Crippen molar-refractivity contribution in [2.45, 2.75) is 53.7 Å². The Kier molecular flexibility index (Phi) is 4.89. The van der Waals surface area contributed by atoms with Crippen LogP contribution in [0.3, 0.4) is 0 Å². The minimum atomic E-state index is -3.26. The highest BCUT2D eigenvalue weighted by Gasteiger charge is 2.57. The van der Waals surface area contributed by atoms with Crippen molar-refractivity contribution in [1.29, 1.82) is 0 Å². The van der Waals surface area contributed by atoms with E-state index in [1.807, 2.05) is 52.8 Å². The molecular formula is C20H23NO2S2. The Morgan fingerprint density at radius 3 is 2.08 bits per heavy atom. The summed E-state index contributed by atoms with van der Waals surface area (Å²) in [7, 11) is -3.26. The van der Waals surface area contributed by atoms with Crippen LogP contribution in [0.1, 0.15) is 43.7 Å². The Morgan fingerprint density at radius 2 is 1.44 bits per heavy atom. The topological polar surface area (TPSA) is 37.4 Å². The summed E-state index contributed by atoms with van der Waals surface area (Å²) < 4.78 is 27.7. The SMILES string of the molecule is O=S1(=O)[C@@H](Sc2ccccc2)[C@@H](c2ccccc2)N1C1CCCCC1. The van der Waals surface area contributed by atoms with Gasteiger partial charge in [0.1, 0.15) is 4.58 Å². The molecule has 0 N–H and O–H groups in total. The van der Waals surface area contributed by atoms with Crippen molar-refractivity contribution in [3.05, 3.63) is 66.2 Å². The summed E-state index contributed by atoms with van der Waals surface area (Å²) in [5, 5.41) is 0. The largest absolute Gasteiger partial charge is 0.229 e. The third-order valence-electron chi connectivity index (χ3n) is 5.19. The number of hydrogen-bond donors (Lipinski definition) is 0. The average Bonchev–Trinajstić information content (AvgIpc) is 2.66. The first-order valence-electron chi connectivity index (χ1n) is 8.97. The van der Waals surface area contributed by atoms with Gasteiger partial charge in [-0.15, -0.1) is 11.8 Å². The predicted octanol–water partition coefficient (Wildman–Crippen LogP) is 4.82. The fourth-order valence-corrected chi connectivity index (χ4v) is 8.02. The van der Waals surface area contributed by atoms with Gasteiger partial charge >= 0.3 is 0 Å². The van der Waals surface area contributed by atoms with Gasteiger partial charge in [0.05, 0.1) is 6.04 Å². The Bertz CT molecular complexity index is 802. The molecule has 2 aromatic rings. The van der Waals surface area contributed by atoms with Gasteiger partial charge in [0.15, 0.2) is 0 Å². The number of sulfonamides is 1. The zero-order valence-corrected chi connectivity index (χ0v) is 15.8. The van der Waals surface area contributed by atoms with Crippen LogP contribution >= 0.6 is 11.8 Å². The molecule has 0 amide bonds. The smallest absolute Gasteiger partial charge is 0.211 e. The lowest BCUT2D eigenvalue weighted by molar-refractivity contribution is 0.176. The van der Waals surface area contributed by atoms with E-state index in [0.29, 0.717) is 0 Å². The molecule has 25 heavy (non-hydrogen) atoms. The van der Waals surface area contributed by atoms with E-state index < -0.39 is 14.6 Å². The zero-order chi connectivity index (χ0) is 17.3. The summed E-state index contributed by atoms with van der Waals surface area (Å²) in [6.45, 7) is 0. The molecule has 0 bridgehead atoms. The Morgan fingerprint density at radius 1 is 0.840 bits per heavy atom. The quantitative estimate of drug-likeness (QED) is 0.771. The van der Waals surface area contributed by atoms with Crippen molar-refractivity contribution in [3.63, 3.8) is 0 Å². The summed E-state index contributed by atoms with van der Waals surface area (Å²) >= 11 is 1.48. The molecule has 1 saturated heterocycles. The highest BCUT2D eigenvalue weighted by Crippen LogP contribution is 2.52. The first kappa shape index (κ1) is 17.1. The predicted molar refractivity (Wildman–Crippen MR) is 103 cm³/mol. The Labute approximate surface area is 154 Å². The summed E-state index contributed by atoms with van der Waals surface area (Å²) in [5.74, 6) is 0. The van der Waals surface area contributed by atoms with E-state index in [1.54, 1.807) is 0 Å². The van der Waals surface area contributed by atoms with Crippen LogP contribution in [-0.4, -0.2) is 23.3 Å². The average molecular weight is 374 g/mol. The van der Waals surface area contributed by atoms with E-state index in [9.17, 15) is 8.42 Å². The molecule has 0 unspecified atom stereocenters. The Balaban J connectivity index is 1.67. The lowest BCUT2D eigenvalue weighted by atomic mass is 9.94. The standard InChI is InChI=1S/C20H23NO2S2/c22-25(23)20(24-18-14-8-3-9-15-18)19(16-10-4-1-5-11-16)21(25)17-12-6-2-7-13-17/h1,3-5,8-11,14-15,17,19-20H,2,6-7,12-13H2/t19-,20-/m1/s1. The molecule has 0 radical (unpaired) electrons. The molecule has 4 rings (SSSR count). The molecule has 1 aliphatic carbocycles. The first-order valence-corrected chi connectivity index (χ1v) is 11.4. The van der Waals surface area contributed by atoms with Gasteiger partial charge in [0, 0.05) is 10.9 Å². The van der Waals surface area contributed by atoms with Crippen LogP contribution in [0.25, 0.3) is 0 Å². The highest BCUT2D eigenvalue weighted by atomic mass is 32.3. The van der Waals surface area contributed by atoms with Crippen molar-refractivity contribution < 1.29 is 8.42 Å². The third-order valence-corrected chi connectivity index (χ3v) is 9.20. The maximum absolute atomic E-state index is 13.1. The molecule has 3 nitrogen and oxygen atoms in total. The minimum absolute atomic E-state index is 0.0560. The lowest BCUT2D eigenvalue weighted by Gasteiger charge is -2.51. The van der Waals surface area contributed by atoms with Crippen molar-refractivity contribution in [1.82, 2.24) is 4.31 Å². The summed E-state index contributed by atoms with van der Waals surface area (Å²) in [5.41, 5.74) is 1.11. The molecule has 2 atom stereocenters. The number of rotatable bonds is 4. The molecule has 132 valence electrons. The monoisotopic (exact) mass is 373 g/mol. The van der Waals surface area contributed by atoms with Crippen molar-refractivity contribution in [2.75, 3.05) is 0 Å². The maximum atomic E-state index is 13.1. The second kappa shape index (κ2) is 7.14. The van der Waals surface area contributed by atoms with Crippen LogP contribution in [0.15, 0.2) is 65.6 Å². The number of hydrogen-bond acceptors (Lipinski definition) is 3. The number of benzene rings is 2. The molecule has 0 aromatic heterocycles. The van der Waals surface area contributed by atoms with E-state index in [1.165, 1.54) is 18.2 Å². The molecule has 1 heterocycles. The maximum Gasteiger partial charge on any atom is 0.229 e. The molecule has 5 heteroatoms. The van der Waals surface area contributed by atoms with E-state index in [-0.39, 0.29) is 12.1 Å². The van der Waals surface area contributed by atoms with Crippen LogP contribution in [-0.2, 0) is 10.0 Å². The van der Waals surface area contributed by atoms with E-state index >= 15 is 0 Å². The molecule has 2 aliphatic rings. The molecule has 2 fully saturated rings. The fraction of sp³-hybridized carbons (Fsp3) is 0.400. The summed E-state index contributed by atoms with van der Waals surface area (Å²) in [6, 6.07) is 20.1. The van der Waals surface area contributed by atoms with Crippen LogP contribution < -0.4 is 0 Å². The van der Waals surface area contributed by atoms with Gasteiger partial charge in [0.2, 0.25) is 10.0 Å². The highest BCUT2D eigenvalue weighted by molar-refractivity contribution is 8.13. The first-order chi connectivity index (χ1) is 12.2. The van der Waals surface area contributed by atoms with Crippen LogP contribution in [0.5, 0.6) is 0 Å². The van der Waals surface area contributed by atoms with Gasteiger partial charge in [-0.1, -0.05) is 67.8 Å². The van der Waals surface area contributed by atoms with Gasteiger partial charge < -0.3 is 0 Å². The molecule has 2 aromatic carbocycles. The molecule has 0 spiro atoms. The van der Waals surface area contributed by atoms with Gasteiger partial charge in [-0.25, -0.2) is 8.42 Å². The van der Waals surface area contributed by atoms with E-state index in [2.05, 4.69) is 12.1 Å². The second-order valence-electron chi connectivity index (χ2n) is 6.82. The minimum Gasteiger partial charge on any atom is -0.211 e. The number of thioether (sulfide) groups is 1. The van der Waals surface area contributed by atoms with Crippen LogP contribution in [0, 0.1) is 0 Å². The number of nitrogens with zero attached hydrogens (tertiary/aromatic N) is 1. The van der Waals surface area contributed by atoms with E-state index in [0.717, 1.165) is 36.1 Å². The molecule has 1 aliphatic heterocycles. The lowest BCUT2D eigenvalue weighted by Crippen LogP contribution is -2.60. The van der Waals surface area contributed by atoms with Gasteiger partial charge in [-0.05, 0) is 30.5 Å². The fourth-order valence-electron chi connectivity index (χ4n) is 3.98. The van der Waals surface area contributed by atoms with Crippen molar-refractivity contribution in [2.24, 2.45) is 0 Å². The van der Waals surface area contributed by atoms with E-state index in [4.69, 9.17) is 0 Å². The van der Waals surface area contributed by atoms with Gasteiger partial charge in [-0.2, -0.15) is 4.31 Å². The molecule has 1 saturated carbocycles. The molecular weight excluding hydrogens is 350 g/mol. The Hall–Kier alpha value is -1.30. The van der Waals surface area contributed by atoms with Crippen molar-refractivity contribution >= 4 is 21.8 Å². The van der Waals surface area contributed by atoms with Gasteiger partial charge in [0.25, 0.3) is 0 Å². The normalized spacial score (nSPS) is 26.9. The summed E-state index contributed by atoms with van der Waals surface area (Å²) in [4.78, 5) is 1.01. The van der Waals surface area contributed by atoms with Crippen LogP contribution in [0.2, 0.25) is 0 Å². The van der Waals surface area contributed by atoms with Gasteiger partial charge in [-0.3, -0.25) is 0 Å². The second-order valence-corrected chi connectivity index (χ2v) is 10.3. The zero-order valence-electron chi connectivity index (χ0n) is 14.1. The third kappa shape index (κ3) is 3.25. The van der Waals surface area contributed by atoms with Crippen LogP contribution in [0.4, 0.5) is 0 Å². The summed E-state index contributed by atoms with van der Waals surface area (Å²) in [6.07, 6.45) is 5.47. The van der Waals surface area contributed by atoms with Crippen molar-refractivity contribution in [3.8, 4) is 0 Å².